The third-order valence-corrected chi connectivity index (χ3v) is 3.41. The van der Waals surface area contributed by atoms with Crippen LogP contribution in [0.1, 0.15) is 21.6 Å². The third-order valence-electron chi connectivity index (χ3n) is 3.41. The molecule has 0 unspecified atom stereocenters. The Labute approximate surface area is 128 Å². The largest absolute Gasteiger partial charge is 0.347 e. The smallest absolute Gasteiger partial charge is 0.273 e. The summed E-state index contributed by atoms with van der Waals surface area (Å²) in [5.41, 5.74) is 3.36. The molecule has 0 saturated heterocycles. The predicted octanol–water partition coefficient (Wildman–Crippen LogP) is 2.51. The Hall–Kier alpha value is -2.95. The van der Waals surface area contributed by atoms with Gasteiger partial charge in [-0.25, -0.2) is 0 Å². The zero-order valence-electron chi connectivity index (χ0n) is 12.2. The van der Waals surface area contributed by atoms with Crippen LogP contribution < -0.4 is 5.32 Å². The Morgan fingerprint density at radius 2 is 1.82 bits per heavy atom. The number of para-hydroxylation sites is 1. The third kappa shape index (κ3) is 3.03. The quantitative estimate of drug-likeness (QED) is 0.803. The van der Waals surface area contributed by atoms with Gasteiger partial charge in [0.1, 0.15) is 0 Å². The number of aryl methyl sites for hydroxylation is 1. The van der Waals surface area contributed by atoms with E-state index >= 15 is 0 Å². The van der Waals surface area contributed by atoms with Gasteiger partial charge in [0.15, 0.2) is 5.69 Å². The number of hydrogen-bond donors (Lipinski definition) is 1. The van der Waals surface area contributed by atoms with Crippen LogP contribution in [0, 0.1) is 6.92 Å². The standard InChI is InChI=1S/C17H16N4O/c1-13-7-5-6-8-14(13)11-18-17(22)16-12-19-21(20-16)15-9-3-2-4-10-15/h2-10,12H,11H2,1H3,(H,18,22). The molecule has 3 rings (SSSR count). The van der Waals surface area contributed by atoms with Crippen molar-refractivity contribution in [2.45, 2.75) is 13.5 Å². The highest BCUT2D eigenvalue weighted by atomic mass is 16.2. The number of nitrogens with zero attached hydrogens (tertiary/aromatic N) is 3. The molecule has 0 atom stereocenters. The number of amides is 1. The van der Waals surface area contributed by atoms with E-state index in [1.165, 1.54) is 11.0 Å². The van der Waals surface area contributed by atoms with Crippen molar-refractivity contribution in [3.63, 3.8) is 0 Å². The summed E-state index contributed by atoms with van der Waals surface area (Å²) < 4.78 is 0. The minimum absolute atomic E-state index is 0.231. The number of rotatable bonds is 4. The van der Waals surface area contributed by atoms with Crippen LogP contribution in [0.3, 0.4) is 0 Å². The Kier molecular flexibility index (Phi) is 3.96. The lowest BCUT2D eigenvalue weighted by molar-refractivity contribution is 0.0945. The first-order valence-corrected chi connectivity index (χ1v) is 7.04. The first-order chi connectivity index (χ1) is 10.7. The van der Waals surface area contributed by atoms with Crippen LogP contribution in [0.15, 0.2) is 60.8 Å². The maximum absolute atomic E-state index is 12.1. The van der Waals surface area contributed by atoms with E-state index in [4.69, 9.17) is 0 Å². The molecular formula is C17H16N4O. The van der Waals surface area contributed by atoms with E-state index in [-0.39, 0.29) is 5.91 Å². The van der Waals surface area contributed by atoms with Crippen LogP contribution >= 0.6 is 0 Å². The van der Waals surface area contributed by atoms with Crippen molar-refractivity contribution in [3.8, 4) is 5.69 Å². The van der Waals surface area contributed by atoms with E-state index in [1.54, 1.807) is 0 Å². The number of carbonyl (C=O) groups is 1. The molecular weight excluding hydrogens is 276 g/mol. The zero-order chi connectivity index (χ0) is 15.4. The van der Waals surface area contributed by atoms with Crippen LogP contribution in [0.5, 0.6) is 0 Å². The van der Waals surface area contributed by atoms with Crippen molar-refractivity contribution >= 4 is 5.91 Å². The van der Waals surface area contributed by atoms with Crippen LogP contribution in [0.2, 0.25) is 0 Å². The molecule has 3 aromatic rings. The first-order valence-electron chi connectivity index (χ1n) is 7.04. The van der Waals surface area contributed by atoms with Crippen molar-refractivity contribution in [2.24, 2.45) is 0 Å². The van der Waals surface area contributed by atoms with Gasteiger partial charge < -0.3 is 5.32 Å². The Morgan fingerprint density at radius 1 is 1.09 bits per heavy atom. The monoisotopic (exact) mass is 292 g/mol. The van der Waals surface area contributed by atoms with E-state index in [0.717, 1.165) is 16.8 Å². The maximum Gasteiger partial charge on any atom is 0.273 e. The molecule has 0 aliphatic carbocycles. The molecule has 0 saturated carbocycles. The van der Waals surface area contributed by atoms with E-state index < -0.39 is 0 Å². The summed E-state index contributed by atoms with van der Waals surface area (Å²) in [6, 6.07) is 17.4. The lowest BCUT2D eigenvalue weighted by Crippen LogP contribution is -2.23. The number of carbonyl (C=O) groups excluding carboxylic acids is 1. The van der Waals surface area contributed by atoms with Gasteiger partial charge in [0.25, 0.3) is 5.91 Å². The summed E-state index contributed by atoms with van der Waals surface area (Å²) >= 11 is 0. The van der Waals surface area contributed by atoms with E-state index in [0.29, 0.717) is 12.2 Å². The minimum Gasteiger partial charge on any atom is -0.347 e. The molecule has 1 N–H and O–H groups in total. The summed E-state index contributed by atoms with van der Waals surface area (Å²) in [6.45, 7) is 2.50. The molecule has 22 heavy (non-hydrogen) atoms. The SMILES string of the molecule is Cc1ccccc1CNC(=O)c1cnn(-c2ccccc2)n1. The second kappa shape index (κ2) is 6.22. The normalized spacial score (nSPS) is 10.4. The van der Waals surface area contributed by atoms with Crippen molar-refractivity contribution in [3.05, 3.63) is 77.6 Å². The molecule has 0 spiro atoms. The topological polar surface area (TPSA) is 59.8 Å². The van der Waals surface area contributed by atoms with Gasteiger partial charge in [-0.15, -0.1) is 5.10 Å². The number of benzene rings is 2. The maximum atomic E-state index is 12.1. The van der Waals surface area contributed by atoms with Crippen LogP contribution in [-0.2, 0) is 6.54 Å². The highest BCUT2D eigenvalue weighted by Gasteiger charge is 2.11. The Balaban J connectivity index is 1.69. The van der Waals surface area contributed by atoms with E-state index in [1.807, 2.05) is 61.5 Å². The van der Waals surface area contributed by atoms with Crippen molar-refractivity contribution in [2.75, 3.05) is 0 Å². The highest BCUT2D eigenvalue weighted by Crippen LogP contribution is 2.07. The molecule has 0 radical (unpaired) electrons. The first kappa shape index (κ1) is 14.0. The van der Waals surface area contributed by atoms with Gasteiger partial charge in [0, 0.05) is 6.54 Å². The molecule has 1 heterocycles. The average molecular weight is 292 g/mol. The van der Waals surface area contributed by atoms with Gasteiger partial charge >= 0.3 is 0 Å². The fourth-order valence-corrected chi connectivity index (χ4v) is 2.13. The molecule has 0 fully saturated rings. The minimum atomic E-state index is -0.231. The fraction of sp³-hybridized carbons (Fsp3) is 0.118. The molecule has 0 aliphatic rings. The molecule has 5 heteroatoms. The van der Waals surface area contributed by atoms with Crippen LogP contribution in [-0.4, -0.2) is 20.9 Å². The molecule has 110 valence electrons. The molecule has 1 amide bonds. The average Bonchev–Trinajstić information content (AvgIpc) is 3.05. The van der Waals surface area contributed by atoms with Gasteiger partial charge in [-0.2, -0.15) is 9.90 Å². The van der Waals surface area contributed by atoms with E-state index in [9.17, 15) is 4.79 Å². The van der Waals surface area contributed by atoms with Gasteiger partial charge in [-0.3, -0.25) is 4.79 Å². The number of hydrogen-bond acceptors (Lipinski definition) is 3. The Bertz CT molecular complexity index is 780. The molecule has 1 aromatic heterocycles. The summed E-state index contributed by atoms with van der Waals surface area (Å²) in [4.78, 5) is 13.6. The highest BCUT2D eigenvalue weighted by molar-refractivity contribution is 5.91. The molecule has 5 nitrogen and oxygen atoms in total. The van der Waals surface area contributed by atoms with Gasteiger partial charge in [0.2, 0.25) is 0 Å². The molecule has 2 aromatic carbocycles. The van der Waals surface area contributed by atoms with Crippen molar-refractivity contribution in [1.82, 2.24) is 20.3 Å². The van der Waals surface area contributed by atoms with Crippen molar-refractivity contribution < 1.29 is 4.79 Å². The molecule has 0 aliphatic heterocycles. The second-order valence-corrected chi connectivity index (χ2v) is 4.96. The summed E-state index contributed by atoms with van der Waals surface area (Å²) in [7, 11) is 0. The van der Waals surface area contributed by atoms with Crippen LogP contribution in [0.25, 0.3) is 5.69 Å². The molecule has 0 bridgehead atoms. The number of nitrogens with one attached hydrogen (secondary N) is 1. The van der Waals surface area contributed by atoms with Gasteiger partial charge in [-0.1, -0.05) is 42.5 Å². The Morgan fingerprint density at radius 3 is 2.59 bits per heavy atom. The second-order valence-electron chi connectivity index (χ2n) is 4.96. The summed E-state index contributed by atoms with van der Waals surface area (Å²) in [6.07, 6.45) is 1.47. The number of aromatic nitrogens is 3. The summed E-state index contributed by atoms with van der Waals surface area (Å²) in [5.74, 6) is -0.231. The lowest BCUT2D eigenvalue weighted by Gasteiger charge is -2.06. The fourth-order valence-electron chi connectivity index (χ4n) is 2.13. The van der Waals surface area contributed by atoms with Gasteiger partial charge in [0.05, 0.1) is 11.9 Å². The van der Waals surface area contributed by atoms with Gasteiger partial charge in [-0.05, 0) is 30.2 Å². The zero-order valence-corrected chi connectivity index (χ0v) is 12.2. The predicted molar refractivity (Wildman–Crippen MR) is 83.7 cm³/mol. The van der Waals surface area contributed by atoms with Crippen LogP contribution in [0.4, 0.5) is 0 Å². The summed E-state index contributed by atoms with van der Waals surface area (Å²) in [5, 5.41) is 11.2. The van der Waals surface area contributed by atoms with E-state index in [2.05, 4.69) is 15.5 Å². The van der Waals surface area contributed by atoms with Crippen molar-refractivity contribution in [1.29, 1.82) is 0 Å². The lowest BCUT2D eigenvalue weighted by atomic mass is 10.1.